The first-order valence-electron chi connectivity index (χ1n) is 6.71. The highest BCUT2D eigenvalue weighted by atomic mass is 79.9. The summed E-state index contributed by atoms with van der Waals surface area (Å²) in [7, 11) is 0. The number of piperidine rings is 1. The van der Waals surface area contributed by atoms with Crippen LogP contribution in [0.3, 0.4) is 0 Å². The number of halogens is 1. The van der Waals surface area contributed by atoms with Gasteiger partial charge in [-0.05, 0) is 24.5 Å². The molecule has 1 aromatic carbocycles. The highest BCUT2D eigenvalue weighted by molar-refractivity contribution is 9.09. The van der Waals surface area contributed by atoms with Crippen LogP contribution in [-0.4, -0.2) is 33.7 Å². The van der Waals surface area contributed by atoms with Crippen LogP contribution in [0.15, 0.2) is 30.5 Å². The van der Waals surface area contributed by atoms with Crippen molar-refractivity contribution in [3.63, 3.8) is 0 Å². The van der Waals surface area contributed by atoms with Gasteiger partial charge in [-0.1, -0.05) is 34.1 Å². The van der Waals surface area contributed by atoms with E-state index in [1.165, 1.54) is 0 Å². The molecule has 0 spiro atoms. The van der Waals surface area contributed by atoms with E-state index in [0.29, 0.717) is 11.2 Å². The maximum absolute atomic E-state index is 12.3. The van der Waals surface area contributed by atoms with Crippen molar-refractivity contribution in [3.8, 4) is 0 Å². The standard InChI is InChI=1S/C15H17BrN2O/c16-12-5-7-18(8-6-12)15(19)9-11-10-17-14-4-2-1-3-13(11)14/h1-4,10,12,17H,5-9H2. The van der Waals surface area contributed by atoms with Gasteiger partial charge in [0.25, 0.3) is 0 Å². The summed E-state index contributed by atoms with van der Waals surface area (Å²) in [6.07, 6.45) is 4.57. The number of hydrogen-bond acceptors (Lipinski definition) is 1. The summed E-state index contributed by atoms with van der Waals surface area (Å²) in [4.78, 5) is 18.1. The van der Waals surface area contributed by atoms with Crippen molar-refractivity contribution >= 4 is 32.7 Å². The van der Waals surface area contributed by atoms with Gasteiger partial charge in [0.1, 0.15) is 0 Å². The maximum Gasteiger partial charge on any atom is 0.227 e. The van der Waals surface area contributed by atoms with E-state index in [1.54, 1.807) is 0 Å². The van der Waals surface area contributed by atoms with Crippen molar-refractivity contribution in [2.24, 2.45) is 0 Å². The molecular formula is C15H17BrN2O. The lowest BCUT2D eigenvalue weighted by Gasteiger charge is -2.29. The number of benzene rings is 1. The number of aromatic amines is 1. The average Bonchev–Trinajstić information content (AvgIpc) is 2.83. The smallest absolute Gasteiger partial charge is 0.227 e. The van der Waals surface area contributed by atoms with Gasteiger partial charge in [0.2, 0.25) is 5.91 Å². The quantitative estimate of drug-likeness (QED) is 0.848. The molecule has 1 aliphatic heterocycles. The highest BCUT2D eigenvalue weighted by Gasteiger charge is 2.21. The summed E-state index contributed by atoms with van der Waals surface area (Å²) in [6, 6.07) is 8.13. The van der Waals surface area contributed by atoms with Crippen LogP contribution in [-0.2, 0) is 11.2 Å². The predicted octanol–water partition coefficient (Wildman–Crippen LogP) is 3.10. The first-order chi connectivity index (χ1) is 9.24. The summed E-state index contributed by atoms with van der Waals surface area (Å²) >= 11 is 3.62. The van der Waals surface area contributed by atoms with Crippen molar-refractivity contribution < 1.29 is 4.79 Å². The molecule has 0 saturated carbocycles. The Kier molecular flexibility index (Phi) is 3.60. The van der Waals surface area contributed by atoms with Crippen molar-refractivity contribution in [1.29, 1.82) is 0 Å². The van der Waals surface area contributed by atoms with E-state index in [1.807, 2.05) is 29.3 Å². The SMILES string of the molecule is O=C(Cc1c[nH]c2ccccc12)N1CCC(Br)CC1. The number of carbonyl (C=O) groups is 1. The van der Waals surface area contributed by atoms with Crippen molar-refractivity contribution in [3.05, 3.63) is 36.0 Å². The summed E-state index contributed by atoms with van der Waals surface area (Å²) in [5.74, 6) is 0.240. The largest absolute Gasteiger partial charge is 0.361 e. The molecule has 19 heavy (non-hydrogen) atoms. The van der Waals surface area contributed by atoms with Gasteiger partial charge in [-0.25, -0.2) is 0 Å². The van der Waals surface area contributed by atoms with Crippen LogP contribution in [0.1, 0.15) is 18.4 Å². The van der Waals surface area contributed by atoms with E-state index in [4.69, 9.17) is 0 Å². The number of nitrogens with zero attached hydrogens (tertiary/aromatic N) is 1. The first-order valence-corrected chi connectivity index (χ1v) is 7.62. The molecule has 1 amide bonds. The minimum absolute atomic E-state index is 0.240. The van der Waals surface area contributed by atoms with Crippen LogP contribution in [0.5, 0.6) is 0 Å². The lowest BCUT2D eigenvalue weighted by atomic mass is 10.1. The fourth-order valence-corrected chi connectivity index (χ4v) is 3.06. The van der Waals surface area contributed by atoms with Crippen molar-refractivity contribution in [2.45, 2.75) is 24.1 Å². The zero-order chi connectivity index (χ0) is 13.2. The second-order valence-electron chi connectivity index (χ2n) is 5.09. The molecule has 0 bridgehead atoms. The summed E-state index contributed by atoms with van der Waals surface area (Å²) in [5, 5.41) is 1.16. The Bertz CT molecular complexity index is 585. The molecule has 2 aromatic rings. The van der Waals surface area contributed by atoms with Gasteiger partial charge in [-0.15, -0.1) is 0 Å². The normalized spacial score (nSPS) is 17.0. The van der Waals surface area contributed by atoms with Crippen LogP contribution in [0.2, 0.25) is 0 Å². The molecule has 3 rings (SSSR count). The van der Waals surface area contributed by atoms with E-state index in [0.717, 1.165) is 42.4 Å². The van der Waals surface area contributed by atoms with Gasteiger partial charge in [-0.3, -0.25) is 4.79 Å². The van der Waals surface area contributed by atoms with Crippen LogP contribution in [0, 0.1) is 0 Å². The Balaban J connectivity index is 1.72. The monoisotopic (exact) mass is 320 g/mol. The van der Waals surface area contributed by atoms with Gasteiger partial charge < -0.3 is 9.88 Å². The molecule has 2 heterocycles. The first kappa shape index (κ1) is 12.7. The maximum atomic E-state index is 12.3. The lowest BCUT2D eigenvalue weighted by Crippen LogP contribution is -2.39. The van der Waals surface area contributed by atoms with E-state index in [9.17, 15) is 4.79 Å². The number of fused-ring (bicyclic) bond motifs is 1. The number of carbonyl (C=O) groups excluding carboxylic acids is 1. The van der Waals surface area contributed by atoms with E-state index in [2.05, 4.69) is 27.0 Å². The third-order valence-electron chi connectivity index (χ3n) is 3.79. The van der Waals surface area contributed by atoms with Gasteiger partial charge in [0.05, 0.1) is 6.42 Å². The van der Waals surface area contributed by atoms with Gasteiger partial charge in [0.15, 0.2) is 0 Å². The second-order valence-corrected chi connectivity index (χ2v) is 6.39. The topological polar surface area (TPSA) is 36.1 Å². The fourth-order valence-electron chi connectivity index (χ4n) is 2.65. The van der Waals surface area contributed by atoms with E-state index >= 15 is 0 Å². The van der Waals surface area contributed by atoms with E-state index in [-0.39, 0.29) is 5.91 Å². The molecule has 1 saturated heterocycles. The molecule has 100 valence electrons. The Morgan fingerprint density at radius 1 is 1.32 bits per heavy atom. The third kappa shape index (κ3) is 2.68. The zero-order valence-corrected chi connectivity index (χ0v) is 12.3. The molecule has 1 N–H and O–H groups in total. The lowest BCUT2D eigenvalue weighted by molar-refractivity contribution is -0.131. The number of rotatable bonds is 2. The van der Waals surface area contributed by atoms with Gasteiger partial charge >= 0.3 is 0 Å². The van der Waals surface area contributed by atoms with Crippen LogP contribution < -0.4 is 0 Å². The Labute approximate surface area is 121 Å². The molecule has 1 fully saturated rings. The minimum Gasteiger partial charge on any atom is -0.361 e. The minimum atomic E-state index is 0.240. The summed E-state index contributed by atoms with van der Waals surface area (Å²) in [6.45, 7) is 1.74. The number of alkyl halides is 1. The second kappa shape index (κ2) is 5.37. The summed E-state index contributed by atoms with van der Waals surface area (Å²) in [5.41, 5.74) is 2.20. The average molecular weight is 321 g/mol. The summed E-state index contributed by atoms with van der Waals surface area (Å²) < 4.78 is 0. The van der Waals surface area contributed by atoms with Crippen LogP contribution >= 0.6 is 15.9 Å². The van der Waals surface area contributed by atoms with Crippen molar-refractivity contribution in [1.82, 2.24) is 9.88 Å². The van der Waals surface area contributed by atoms with Crippen molar-refractivity contribution in [2.75, 3.05) is 13.1 Å². The molecule has 0 unspecified atom stereocenters. The van der Waals surface area contributed by atoms with Gasteiger partial charge in [-0.2, -0.15) is 0 Å². The molecule has 0 atom stereocenters. The Morgan fingerprint density at radius 2 is 2.05 bits per heavy atom. The predicted molar refractivity (Wildman–Crippen MR) is 80.5 cm³/mol. The number of para-hydroxylation sites is 1. The third-order valence-corrected chi connectivity index (χ3v) is 4.71. The van der Waals surface area contributed by atoms with E-state index < -0.39 is 0 Å². The molecule has 3 nitrogen and oxygen atoms in total. The van der Waals surface area contributed by atoms with Crippen LogP contribution in [0.4, 0.5) is 0 Å². The molecule has 4 heteroatoms. The molecule has 1 aromatic heterocycles. The fraction of sp³-hybridized carbons (Fsp3) is 0.400. The number of nitrogens with one attached hydrogen (secondary N) is 1. The molecule has 0 radical (unpaired) electrons. The molecular weight excluding hydrogens is 304 g/mol. The molecule has 0 aliphatic carbocycles. The number of hydrogen-bond donors (Lipinski definition) is 1. The molecule has 1 aliphatic rings. The Hall–Kier alpha value is -1.29. The van der Waals surface area contributed by atoms with Gasteiger partial charge in [0, 0.05) is 35.0 Å². The number of aromatic nitrogens is 1. The number of H-pyrrole nitrogens is 1. The van der Waals surface area contributed by atoms with Crippen LogP contribution in [0.25, 0.3) is 10.9 Å². The zero-order valence-electron chi connectivity index (χ0n) is 10.7. The number of amides is 1. The Morgan fingerprint density at radius 3 is 2.84 bits per heavy atom. The number of likely N-dealkylation sites (tertiary alicyclic amines) is 1. The highest BCUT2D eigenvalue weighted by Crippen LogP contribution is 2.21.